The van der Waals surface area contributed by atoms with Gasteiger partial charge in [-0.2, -0.15) is 0 Å². The first kappa shape index (κ1) is 18.9. The Morgan fingerprint density at radius 3 is 2.13 bits per heavy atom. The fourth-order valence-electron chi connectivity index (χ4n) is 4.75. The number of benzene rings is 4. The molecule has 0 saturated carbocycles. The lowest BCUT2D eigenvalue weighted by Gasteiger charge is -2.21. The van der Waals surface area contributed by atoms with Crippen LogP contribution in [0.1, 0.15) is 11.6 Å². The average molecular weight is 401 g/mol. The Morgan fingerprint density at radius 2 is 1.43 bits per heavy atom. The number of ether oxygens (including phenoxy) is 2. The summed E-state index contributed by atoms with van der Waals surface area (Å²) in [5.41, 5.74) is 3.57. The Morgan fingerprint density at radius 1 is 0.733 bits per heavy atom. The molecule has 4 aromatic carbocycles. The van der Waals surface area contributed by atoms with Gasteiger partial charge >= 0.3 is 0 Å². The van der Waals surface area contributed by atoms with Crippen molar-refractivity contribution >= 4 is 21.5 Å². The standard InChI is InChI=1S/C26H26N2O2/c1-29-23-11-8-17-5-3-4-6-20(17)25(23)26-21-10-7-19(22-16-27-13-14-28-22)15-18(21)9-12-24(26)30-2/h3-12,15,22,27-28H,13-14,16H2,1-2H3/p+2/t22-/m1/s1. The van der Waals surface area contributed by atoms with Crippen molar-refractivity contribution in [1.82, 2.24) is 0 Å². The maximum atomic E-state index is 5.84. The van der Waals surface area contributed by atoms with Crippen LogP contribution < -0.4 is 20.1 Å². The van der Waals surface area contributed by atoms with E-state index in [0.717, 1.165) is 29.2 Å². The molecule has 1 heterocycles. The minimum Gasteiger partial charge on any atom is -0.496 e. The third kappa shape index (κ3) is 3.18. The maximum absolute atomic E-state index is 5.84. The fourth-order valence-corrected chi connectivity index (χ4v) is 4.75. The summed E-state index contributed by atoms with van der Waals surface area (Å²) in [6.45, 7) is 3.50. The normalized spacial score (nSPS) is 16.7. The lowest BCUT2D eigenvalue weighted by atomic mass is 9.91. The van der Waals surface area contributed by atoms with Gasteiger partial charge in [-0.25, -0.2) is 0 Å². The molecule has 4 N–H and O–H groups in total. The van der Waals surface area contributed by atoms with E-state index < -0.39 is 0 Å². The van der Waals surface area contributed by atoms with Crippen molar-refractivity contribution in [3.05, 3.63) is 72.3 Å². The van der Waals surface area contributed by atoms with Crippen molar-refractivity contribution in [2.75, 3.05) is 33.9 Å². The summed E-state index contributed by atoms with van der Waals surface area (Å²) >= 11 is 0. The second-order valence-corrected chi connectivity index (χ2v) is 7.93. The van der Waals surface area contributed by atoms with Crippen molar-refractivity contribution in [1.29, 1.82) is 0 Å². The van der Waals surface area contributed by atoms with Crippen LogP contribution in [0.5, 0.6) is 11.5 Å². The minimum atomic E-state index is 0.515. The van der Waals surface area contributed by atoms with Crippen molar-refractivity contribution in [3.63, 3.8) is 0 Å². The molecule has 5 rings (SSSR count). The van der Waals surface area contributed by atoms with Crippen molar-refractivity contribution in [2.45, 2.75) is 6.04 Å². The molecule has 1 saturated heterocycles. The van der Waals surface area contributed by atoms with Gasteiger partial charge < -0.3 is 20.1 Å². The monoisotopic (exact) mass is 400 g/mol. The van der Waals surface area contributed by atoms with E-state index in [0.29, 0.717) is 6.04 Å². The molecule has 152 valence electrons. The number of rotatable bonds is 4. The third-order valence-corrected chi connectivity index (χ3v) is 6.26. The molecule has 1 aliphatic heterocycles. The molecule has 1 atom stereocenters. The molecule has 0 bridgehead atoms. The Hall–Kier alpha value is -3.08. The van der Waals surface area contributed by atoms with Gasteiger partial charge in [0.15, 0.2) is 6.04 Å². The fraction of sp³-hybridized carbons (Fsp3) is 0.231. The molecule has 0 aliphatic carbocycles. The van der Waals surface area contributed by atoms with Gasteiger partial charge in [0.25, 0.3) is 0 Å². The Balaban J connectivity index is 1.77. The second kappa shape index (κ2) is 7.98. The van der Waals surface area contributed by atoms with Gasteiger partial charge in [0.05, 0.1) is 14.2 Å². The zero-order valence-electron chi connectivity index (χ0n) is 17.5. The van der Waals surface area contributed by atoms with E-state index in [2.05, 4.69) is 77.4 Å². The Bertz CT molecular complexity index is 1210. The predicted octanol–water partition coefficient (Wildman–Crippen LogP) is 2.86. The summed E-state index contributed by atoms with van der Waals surface area (Å²) in [6.07, 6.45) is 0. The molecule has 4 nitrogen and oxygen atoms in total. The van der Waals surface area contributed by atoms with Crippen molar-refractivity contribution in [3.8, 4) is 22.6 Å². The highest BCUT2D eigenvalue weighted by atomic mass is 16.5. The molecule has 0 aromatic heterocycles. The van der Waals surface area contributed by atoms with Gasteiger partial charge in [-0.1, -0.05) is 48.5 Å². The van der Waals surface area contributed by atoms with Gasteiger partial charge in [0, 0.05) is 16.7 Å². The molecule has 4 aromatic rings. The Labute approximate surface area is 176 Å². The van der Waals surface area contributed by atoms with E-state index in [4.69, 9.17) is 9.47 Å². The summed E-state index contributed by atoms with van der Waals surface area (Å²) in [7, 11) is 3.47. The summed E-state index contributed by atoms with van der Waals surface area (Å²) in [4.78, 5) is 0. The first-order chi connectivity index (χ1) is 14.8. The number of piperazine rings is 1. The van der Waals surface area contributed by atoms with E-state index in [1.54, 1.807) is 14.2 Å². The van der Waals surface area contributed by atoms with E-state index >= 15 is 0 Å². The maximum Gasteiger partial charge on any atom is 0.161 e. The highest BCUT2D eigenvalue weighted by Crippen LogP contribution is 2.45. The van der Waals surface area contributed by atoms with Gasteiger partial charge in [-0.15, -0.1) is 0 Å². The first-order valence-corrected chi connectivity index (χ1v) is 10.6. The van der Waals surface area contributed by atoms with Crippen LogP contribution in [0.2, 0.25) is 0 Å². The smallest absolute Gasteiger partial charge is 0.161 e. The molecular formula is C26H28N2O2+2. The van der Waals surface area contributed by atoms with Crippen LogP contribution in [-0.2, 0) is 0 Å². The lowest BCUT2D eigenvalue weighted by molar-refractivity contribution is -0.816. The average Bonchev–Trinajstić information content (AvgIpc) is 2.82. The minimum absolute atomic E-state index is 0.515. The topological polar surface area (TPSA) is 51.7 Å². The van der Waals surface area contributed by atoms with Gasteiger partial charge in [0.2, 0.25) is 0 Å². The predicted molar refractivity (Wildman–Crippen MR) is 121 cm³/mol. The molecule has 0 unspecified atom stereocenters. The summed E-state index contributed by atoms with van der Waals surface area (Å²) in [5, 5.41) is 9.65. The molecule has 30 heavy (non-hydrogen) atoms. The van der Waals surface area contributed by atoms with Crippen molar-refractivity contribution < 1.29 is 20.1 Å². The SMILES string of the molecule is COc1ccc2ccccc2c1-c1c(OC)ccc2cc([C@H]3C[NH2+]CC[NH2+]3)ccc12. The zero-order valence-corrected chi connectivity index (χ0v) is 17.5. The van der Waals surface area contributed by atoms with Crippen LogP contribution in [0, 0.1) is 0 Å². The molecular weight excluding hydrogens is 372 g/mol. The zero-order chi connectivity index (χ0) is 20.5. The van der Waals surface area contributed by atoms with Crippen LogP contribution >= 0.6 is 0 Å². The summed E-state index contributed by atoms with van der Waals surface area (Å²) < 4.78 is 11.6. The number of fused-ring (bicyclic) bond motifs is 2. The van der Waals surface area contributed by atoms with E-state index in [9.17, 15) is 0 Å². The molecule has 0 spiro atoms. The molecule has 4 heteroatoms. The Kier molecular flexibility index (Phi) is 5.03. The number of methoxy groups -OCH3 is 2. The van der Waals surface area contributed by atoms with Gasteiger partial charge in [-0.3, -0.25) is 0 Å². The van der Waals surface area contributed by atoms with Crippen LogP contribution in [0.15, 0.2) is 66.7 Å². The largest absolute Gasteiger partial charge is 0.496 e. The molecule has 0 radical (unpaired) electrons. The highest BCUT2D eigenvalue weighted by molar-refractivity contribution is 6.09. The van der Waals surface area contributed by atoms with E-state index in [1.807, 2.05) is 0 Å². The summed E-state index contributed by atoms with van der Waals surface area (Å²) in [5.74, 6) is 1.72. The highest BCUT2D eigenvalue weighted by Gasteiger charge is 2.23. The summed E-state index contributed by atoms with van der Waals surface area (Å²) in [6, 6.07) is 24.3. The molecule has 1 fully saturated rings. The van der Waals surface area contributed by atoms with Gasteiger partial charge in [0.1, 0.15) is 31.1 Å². The first-order valence-electron chi connectivity index (χ1n) is 10.6. The number of hydrogen-bond acceptors (Lipinski definition) is 2. The molecule has 1 aliphatic rings. The molecule has 0 amide bonds. The number of nitrogens with two attached hydrogens (primary N) is 2. The van der Waals surface area contributed by atoms with Crippen molar-refractivity contribution in [2.24, 2.45) is 0 Å². The van der Waals surface area contributed by atoms with E-state index in [1.165, 1.54) is 40.2 Å². The quantitative estimate of drug-likeness (QED) is 0.554. The van der Waals surface area contributed by atoms with Crippen LogP contribution in [0.25, 0.3) is 32.7 Å². The van der Waals surface area contributed by atoms with E-state index in [-0.39, 0.29) is 0 Å². The number of hydrogen-bond donors (Lipinski definition) is 2. The second-order valence-electron chi connectivity index (χ2n) is 7.93. The van der Waals surface area contributed by atoms with Crippen LogP contribution in [0.3, 0.4) is 0 Å². The van der Waals surface area contributed by atoms with Gasteiger partial charge in [-0.05, 0) is 39.7 Å². The third-order valence-electron chi connectivity index (χ3n) is 6.26. The lowest BCUT2D eigenvalue weighted by Crippen LogP contribution is -3.04. The van der Waals surface area contributed by atoms with Crippen LogP contribution in [-0.4, -0.2) is 33.9 Å². The van der Waals surface area contributed by atoms with Crippen LogP contribution in [0.4, 0.5) is 0 Å². The number of quaternary nitrogens is 2.